The Labute approximate surface area is 194 Å². The first kappa shape index (κ1) is 21.8. The molecule has 1 heterocycles. The summed E-state index contributed by atoms with van der Waals surface area (Å²) in [5, 5.41) is 0. The summed E-state index contributed by atoms with van der Waals surface area (Å²) < 4.78 is 3.91. The van der Waals surface area contributed by atoms with E-state index >= 15 is 0 Å². The normalized spacial score (nSPS) is 13.8. The van der Waals surface area contributed by atoms with Crippen molar-refractivity contribution in [3.8, 4) is 0 Å². The fourth-order valence-corrected chi connectivity index (χ4v) is 7.03. The van der Waals surface area contributed by atoms with Gasteiger partial charge in [0.1, 0.15) is 0 Å². The molecule has 4 rings (SSSR count). The van der Waals surface area contributed by atoms with E-state index in [1.165, 1.54) is 54.7 Å². The molecule has 3 heteroatoms. The average Bonchev–Trinajstić information content (AvgIpc) is 3.08. The van der Waals surface area contributed by atoms with Gasteiger partial charge in [-0.15, -0.1) is 0 Å². The van der Waals surface area contributed by atoms with Crippen molar-refractivity contribution in [1.29, 1.82) is 0 Å². The minimum atomic E-state index is -0.0911. The maximum absolute atomic E-state index is 2.60. The molecule has 31 heavy (non-hydrogen) atoms. The van der Waals surface area contributed by atoms with Crippen LogP contribution >= 0.6 is 0 Å². The van der Waals surface area contributed by atoms with Crippen molar-refractivity contribution in [2.45, 2.75) is 41.5 Å². The summed E-state index contributed by atoms with van der Waals surface area (Å²) in [4.78, 5) is 5.20. The molecule has 3 aromatic carbocycles. The zero-order chi connectivity index (χ0) is 22.1. The van der Waals surface area contributed by atoms with Crippen LogP contribution in [0.25, 0.3) is 0 Å². The van der Waals surface area contributed by atoms with Crippen LogP contribution in [0.1, 0.15) is 38.9 Å². The molecule has 0 radical (unpaired) electrons. The predicted molar refractivity (Wildman–Crippen MR) is 133 cm³/mol. The molecule has 0 atom stereocenters. The van der Waals surface area contributed by atoms with Crippen molar-refractivity contribution >= 4 is 20.3 Å². The number of benzene rings is 3. The molecule has 0 aliphatic carbocycles. The molecule has 1 saturated heterocycles. The molecular weight excluding hydrogens is 465 g/mol. The second-order valence-corrected chi connectivity index (χ2v) is 10.5. The second-order valence-electron chi connectivity index (χ2n) is 8.67. The van der Waals surface area contributed by atoms with Crippen molar-refractivity contribution in [3.05, 3.63) is 93.5 Å². The predicted octanol–water partition coefficient (Wildman–Crippen LogP) is 5.88. The van der Waals surface area contributed by atoms with E-state index in [9.17, 15) is 0 Å². The van der Waals surface area contributed by atoms with Crippen LogP contribution in [0.5, 0.6) is 0 Å². The SMILES string of the molecule is Cc1cc(C)c(N2CCN(c3c(C)cc(C)cc3C)[C]2=[Ru]=[CH]c2ccccc2)c(C)c1. The van der Waals surface area contributed by atoms with E-state index in [2.05, 4.69) is 111 Å². The van der Waals surface area contributed by atoms with E-state index < -0.39 is 0 Å². The van der Waals surface area contributed by atoms with E-state index in [1.54, 1.807) is 0 Å². The zero-order valence-electron chi connectivity index (χ0n) is 19.4. The van der Waals surface area contributed by atoms with E-state index in [-0.39, 0.29) is 16.2 Å². The van der Waals surface area contributed by atoms with Gasteiger partial charge in [0.25, 0.3) is 0 Å². The van der Waals surface area contributed by atoms with Crippen LogP contribution in [0.2, 0.25) is 0 Å². The number of rotatable bonds is 3. The summed E-state index contributed by atoms with van der Waals surface area (Å²) in [7, 11) is 0. The van der Waals surface area contributed by atoms with Crippen molar-refractivity contribution in [2.75, 3.05) is 22.9 Å². The molecule has 1 aliphatic heterocycles. The Hall–Kier alpha value is -2.38. The molecule has 1 fully saturated rings. The average molecular weight is 498 g/mol. The van der Waals surface area contributed by atoms with E-state index in [0.717, 1.165) is 13.1 Å². The van der Waals surface area contributed by atoms with Crippen LogP contribution in [0.3, 0.4) is 0 Å². The van der Waals surface area contributed by atoms with Gasteiger partial charge in [-0.05, 0) is 0 Å². The van der Waals surface area contributed by atoms with Gasteiger partial charge < -0.3 is 0 Å². The van der Waals surface area contributed by atoms with Gasteiger partial charge in [0.2, 0.25) is 0 Å². The van der Waals surface area contributed by atoms with E-state index in [1.807, 2.05) is 0 Å². The minimum absolute atomic E-state index is 0.0911. The third kappa shape index (κ3) is 4.48. The van der Waals surface area contributed by atoms with Gasteiger partial charge >= 0.3 is 195 Å². The topological polar surface area (TPSA) is 6.48 Å². The van der Waals surface area contributed by atoms with Gasteiger partial charge in [-0.1, -0.05) is 0 Å². The van der Waals surface area contributed by atoms with Crippen molar-refractivity contribution in [3.63, 3.8) is 0 Å². The van der Waals surface area contributed by atoms with Crippen LogP contribution in [0, 0.1) is 41.5 Å². The Kier molecular flexibility index (Phi) is 6.35. The number of hydrogen-bond donors (Lipinski definition) is 0. The van der Waals surface area contributed by atoms with Gasteiger partial charge in [-0.25, -0.2) is 0 Å². The molecular formula is C28H32N2Ru. The first-order chi connectivity index (χ1) is 14.8. The monoisotopic (exact) mass is 498 g/mol. The van der Waals surface area contributed by atoms with Crippen LogP contribution in [-0.4, -0.2) is 22.1 Å². The summed E-state index contributed by atoms with van der Waals surface area (Å²) in [6, 6.07) is 20.1. The molecule has 2 nitrogen and oxygen atoms in total. The van der Waals surface area contributed by atoms with Gasteiger partial charge in [0, 0.05) is 0 Å². The Morgan fingerprint density at radius 1 is 0.645 bits per heavy atom. The third-order valence-electron chi connectivity index (χ3n) is 5.85. The Morgan fingerprint density at radius 2 is 1.06 bits per heavy atom. The standard InChI is InChI=1S/C21H26N2.C7H6.Ru/c1-14-9-16(3)20(17(4)10-14)22-7-8-23(13-22)21-18(5)11-15(2)12-19(21)6;1-7-5-3-2-4-6-7;/h9-12H,7-8H2,1-6H3;1-6H;. The molecule has 0 spiro atoms. The molecule has 162 valence electrons. The first-order valence-electron chi connectivity index (χ1n) is 10.9. The van der Waals surface area contributed by atoms with Crippen LogP contribution in [-0.2, 0) is 16.2 Å². The van der Waals surface area contributed by atoms with Gasteiger partial charge in [-0.3, -0.25) is 0 Å². The second kappa shape index (κ2) is 9.01. The fourth-order valence-electron chi connectivity index (χ4n) is 4.86. The number of hydrogen-bond acceptors (Lipinski definition) is 2. The maximum atomic E-state index is 2.60. The summed E-state index contributed by atoms with van der Waals surface area (Å²) in [5.74, 6) is 0. The summed E-state index contributed by atoms with van der Waals surface area (Å²) in [6.07, 6.45) is 0. The molecule has 0 saturated carbocycles. The van der Waals surface area contributed by atoms with Crippen LogP contribution in [0.4, 0.5) is 11.4 Å². The van der Waals surface area contributed by atoms with E-state index in [4.69, 9.17) is 0 Å². The Balaban J connectivity index is 1.89. The Morgan fingerprint density at radius 3 is 1.48 bits per heavy atom. The number of anilines is 2. The molecule has 0 aromatic heterocycles. The summed E-state index contributed by atoms with van der Waals surface area (Å²) >= 11 is -0.0911. The van der Waals surface area contributed by atoms with Gasteiger partial charge in [0.15, 0.2) is 0 Å². The van der Waals surface area contributed by atoms with Crippen LogP contribution in [0.15, 0.2) is 54.6 Å². The number of nitrogens with zero attached hydrogens (tertiary/aromatic N) is 2. The molecule has 1 aliphatic rings. The van der Waals surface area contributed by atoms with Gasteiger partial charge in [0.05, 0.1) is 0 Å². The number of aryl methyl sites for hydroxylation is 6. The first-order valence-corrected chi connectivity index (χ1v) is 12.8. The quantitative estimate of drug-likeness (QED) is 0.417. The molecule has 3 aromatic rings. The van der Waals surface area contributed by atoms with E-state index in [0.29, 0.717) is 0 Å². The fraction of sp³-hybridized carbons (Fsp3) is 0.286. The van der Waals surface area contributed by atoms with Crippen molar-refractivity contribution in [2.24, 2.45) is 0 Å². The summed E-state index contributed by atoms with van der Waals surface area (Å²) in [6.45, 7) is 15.5. The van der Waals surface area contributed by atoms with Crippen molar-refractivity contribution in [1.82, 2.24) is 0 Å². The zero-order valence-corrected chi connectivity index (χ0v) is 21.2. The third-order valence-corrected chi connectivity index (χ3v) is 8.07. The summed E-state index contributed by atoms with van der Waals surface area (Å²) in [5.41, 5.74) is 12.3. The molecule has 0 bridgehead atoms. The molecule has 0 amide bonds. The molecule has 0 N–H and O–H groups in total. The van der Waals surface area contributed by atoms with Gasteiger partial charge in [-0.2, -0.15) is 0 Å². The molecule has 0 unspecified atom stereocenters. The van der Waals surface area contributed by atoms with Crippen LogP contribution < -0.4 is 9.80 Å². The van der Waals surface area contributed by atoms with Crippen molar-refractivity contribution < 1.29 is 16.2 Å². The Bertz CT molecular complexity index is 1070.